The minimum Gasteiger partial charge on any atom is -0.306 e. The first-order valence-corrected chi connectivity index (χ1v) is 8.13. The molecule has 1 atom stereocenters. The van der Waals surface area contributed by atoms with E-state index in [0.717, 1.165) is 6.54 Å². The molecule has 18 heavy (non-hydrogen) atoms. The standard InChI is InChI=1S/C15H18INS/c1-4-17-14(15-11(3)8-9-18-15)12-7-5-6-10(2)13(12)16/h5-9,14,17H,4H2,1-3H3. The summed E-state index contributed by atoms with van der Waals surface area (Å²) >= 11 is 4.30. The molecule has 1 N–H and O–H groups in total. The molecule has 0 spiro atoms. The molecule has 0 radical (unpaired) electrons. The molecule has 1 aromatic heterocycles. The Morgan fingerprint density at radius 2 is 2.00 bits per heavy atom. The molecule has 0 saturated carbocycles. The molecular formula is C15H18INS. The van der Waals surface area contributed by atoms with Gasteiger partial charge in [-0.3, -0.25) is 0 Å². The van der Waals surface area contributed by atoms with E-state index in [-0.39, 0.29) is 0 Å². The van der Waals surface area contributed by atoms with Crippen LogP contribution >= 0.6 is 33.9 Å². The third-order valence-corrected chi connectivity index (χ3v) is 5.66. The van der Waals surface area contributed by atoms with E-state index in [1.807, 2.05) is 11.3 Å². The average molecular weight is 371 g/mol. The lowest BCUT2D eigenvalue weighted by atomic mass is 10.0. The van der Waals surface area contributed by atoms with Gasteiger partial charge >= 0.3 is 0 Å². The van der Waals surface area contributed by atoms with Gasteiger partial charge in [-0.05, 0) is 71.1 Å². The third kappa shape index (κ3) is 2.78. The minimum absolute atomic E-state index is 0.321. The summed E-state index contributed by atoms with van der Waals surface area (Å²) in [6.07, 6.45) is 0. The number of rotatable bonds is 4. The normalized spacial score (nSPS) is 12.7. The largest absolute Gasteiger partial charge is 0.306 e. The van der Waals surface area contributed by atoms with Crippen LogP contribution in [-0.2, 0) is 0 Å². The van der Waals surface area contributed by atoms with E-state index in [1.54, 1.807) is 0 Å². The summed E-state index contributed by atoms with van der Waals surface area (Å²) in [6.45, 7) is 7.51. The van der Waals surface area contributed by atoms with Crippen LogP contribution in [-0.4, -0.2) is 6.54 Å². The quantitative estimate of drug-likeness (QED) is 0.771. The molecule has 2 aromatic rings. The monoisotopic (exact) mass is 371 g/mol. The summed E-state index contributed by atoms with van der Waals surface area (Å²) in [4.78, 5) is 1.43. The van der Waals surface area contributed by atoms with E-state index >= 15 is 0 Å². The van der Waals surface area contributed by atoms with Crippen molar-refractivity contribution >= 4 is 33.9 Å². The number of nitrogens with one attached hydrogen (secondary N) is 1. The number of benzene rings is 1. The fraction of sp³-hybridized carbons (Fsp3) is 0.333. The lowest BCUT2D eigenvalue weighted by Gasteiger charge is -2.20. The van der Waals surface area contributed by atoms with E-state index in [9.17, 15) is 0 Å². The molecule has 2 rings (SSSR count). The highest BCUT2D eigenvalue weighted by molar-refractivity contribution is 14.1. The molecule has 0 bridgehead atoms. The molecule has 1 heterocycles. The summed E-state index contributed by atoms with van der Waals surface area (Å²) < 4.78 is 1.37. The average Bonchev–Trinajstić information content (AvgIpc) is 2.76. The van der Waals surface area contributed by atoms with Gasteiger partial charge in [0.2, 0.25) is 0 Å². The second kappa shape index (κ2) is 6.17. The number of hydrogen-bond acceptors (Lipinski definition) is 2. The van der Waals surface area contributed by atoms with Gasteiger partial charge in [-0.2, -0.15) is 0 Å². The highest BCUT2D eigenvalue weighted by Gasteiger charge is 2.19. The van der Waals surface area contributed by atoms with Gasteiger partial charge in [-0.25, -0.2) is 0 Å². The van der Waals surface area contributed by atoms with Gasteiger partial charge in [0.25, 0.3) is 0 Å². The molecule has 0 aliphatic heterocycles. The van der Waals surface area contributed by atoms with Crippen LogP contribution < -0.4 is 5.32 Å². The van der Waals surface area contributed by atoms with Gasteiger partial charge in [0.1, 0.15) is 0 Å². The van der Waals surface area contributed by atoms with Crippen molar-refractivity contribution in [1.29, 1.82) is 0 Å². The number of thiophene rings is 1. The van der Waals surface area contributed by atoms with Crippen molar-refractivity contribution in [3.8, 4) is 0 Å². The maximum Gasteiger partial charge on any atom is 0.0684 e. The van der Waals surface area contributed by atoms with Crippen molar-refractivity contribution in [2.75, 3.05) is 6.54 Å². The van der Waals surface area contributed by atoms with Crippen molar-refractivity contribution in [3.63, 3.8) is 0 Å². The first kappa shape index (κ1) is 14.0. The number of aryl methyl sites for hydroxylation is 2. The molecule has 0 saturated heterocycles. The highest BCUT2D eigenvalue weighted by Crippen LogP contribution is 2.32. The molecule has 3 heteroatoms. The highest BCUT2D eigenvalue weighted by atomic mass is 127. The second-order valence-corrected chi connectivity index (χ2v) is 6.46. The van der Waals surface area contributed by atoms with Crippen LogP contribution in [0.4, 0.5) is 0 Å². The smallest absolute Gasteiger partial charge is 0.0684 e. The van der Waals surface area contributed by atoms with Crippen LogP contribution in [0.5, 0.6) is 0 Å². The van der Waals surface area contributed by atoms with Crippen molar-refractivity contribution in [2.24, 2.45) is 0 Å². The fourth-order valence-corrected chi connectivity index (χ4v) is 3.81. The summed E-state index contributed by atoms with van der Waals surface area (Å²) in [5, 5.41) is 5.79. The van der Waals surface area contributed by atoms with Gasteiger partial charge in [0.15, 0.2) is 0 Å². The third-order valence-electron chi connectivity index (χ3n) is 3.10. The Kier molecular flexibility index (Phi) is 4.81. The first-order valence-electron chi connectivity index (χ1n) is 6.17. The SMILES string of the molecule is CCNC(c1cccc(C)c1I)c1sccc1C. The Morgan fingerprint density at radius 1 is 1.22 bits per heavy atom. The maximum atomic E-state index is 3.62. The molecule has 1 aromatic carbocycles. The van der Waals surface area contributed by atoms with Gasteiger partial charge in [-0.1, -0.05) is 25.1 Å². The molecule has 1 unspecified atom stereocenters. The number of halogens is 1. The summed E-state index contributed by atoms with van der Waals surface area (Å²) in [7, 11) is 0. The lowest BCUT2D eigenvalue weighted by Crippen LogP contribution is -2.22. The zero-order valence-corrected chi connectivity index (χ0v) is 13.9. The van der Waals surface area contributed by atoms with E-state index < -0.39 is 0 Å². The van der Waals surface area contributed by atoms with Crippen LogP contribution in [0.1, 0.15) is 34.5 Å². The zero-order chi connectivity index (χ0) is 13.1. The minimum atomic E-state index is 0.321. The zero-order valence-electron chi connectivity index (χ0n) is 11.0. The Hall–Kier alpha value is -0.390. The van der Waals surface area contributed by atoms with Crippen molar-refractivity contribution < 1.29 is 0 Å². The van der Waals surface area contributed by atoms with E-state index in [4.69, 9.17) is 0 Å². The van der Waals surface area contributed by atoms with Gasteiger partial charge < -0.3 is 5.32 Å². The molecule has 1 nitrogen and oxygen atoms in total. The Balaban J connectivity index is 2.48. The fourth-order valence-electron chi connectivity index (χ4n) is 2.12. The van der Waals surface area contributed by atoms with Gasteiger partial charge in [0.05, 0.1) is 6.04 Å². The van der Waals surface area contributed by atoms with E-state index in [1.165, 1.54) is 25.1 Å². The van der Waals surface area contributed by atoms with Crippen LogP contribution in [0.25, 0.3) is 0 Å². The van der Waals surface area contributed by atoms with Crippen LogP contribution in [0.2, 0.25) is 0 Å². The summed E-state index contributed by atoms with van der Waals surface area (Å²) in [6, 6.07) is 9.09. The molecule has 0 amide bonds. The second-order valence-electron chi connectivity index (χ2n) is 4.44. The lowest BCUT2D eigenvalue weighted by molar-refractivity contribution is 0.634. The van der Waals surface area contributed by atoms with E-state index in [2.05, 4.69) is 78.3 Å². The van der Waals surface area contributed by atoms with Gasteiger partial charge in [-0.15, -0.1) is 11.3 Å². The molecule has 0 aliphatic carbocycles. The Bertz CT molecular complexity index is 533. The summed E-state index contributed by atoms with van der Waals surface area (Å²) in [5.41, 5.74) is 4.12. The van der Waals surface area contributed by atoms with Crippen molar-refractivity contribution in [3.05, 3.63) is 54.8 Å². The van der Waals surface area contributed by atoms with Crippen LogP contribution in [0.15, 0.2) is 29.6 Å². The Morgan fingerprint density at radius 3 is 2.61 bits per heavy atom. The predicted molar refractivity (Wildman–Crippen MR) is 88.5 cm³/mol. The molecule has 0 aliphatic rings. The first-order chi connectivity index (χ1) is 8.65. The molecule has 0 fully saturated rings. The molecule has 96 valence electrons. The summed E-state index contributed by atoms with van der Waals surface area (Å²) in [5.74, 6) is 0. The maximum absolute atomic E-state index is 3.62. The van der Waals surface area contributed by atoms with Crippen LogP contribution in [0.3, 0.4) is 0 Å². The Labute approximate surface area is 127 Å². The topological polar surface area (TPSA) is 12.0 Å². The van der Waals surface area contributed by atoms with Crippen molar-refractivity contribution in [2.45, 2.75) is 26.8 Å². The number of hydrogen-bond donors (Lipinski definition) is 1. The van der Waals surface area contributed by atoms with Gasteiger partial charge in [0, 0.05) is 8.45 Å². The molecular weight excluding hydrogens is 353 g/mol. The predicted octanol–water partition coefficient (Wildman–Crippen LogP) is 4.67. The van der Waals surface area contributed by atoms with E-state index in [0.29, 0.717) is 6.04 Å². The van der Waals surface area contributed by atoms with Crippen molar-refractivity contribution in [1.82, 2.24) is 5.32 Å². The van der Waals surface area contributed by atoms with Crippen LogP contribution in [0, 0.1) is 17.4 Å².